The maximum absolute atomic E-state index is 6.17. The van der Waals surface area contributed by atoms with Crippen molar-refractivity contribution in [1.29, 1.82) is 0 Å². The van der Waals surface area contributed by atoms with Gasteiger partial charge in [0.1, 0.15) is 11.3 Å². The van der Waals surface area contributed by atoms with E-state index in [4.69, 9.17) is 23.2 Å². The Kier molecular flexibility index (Phi) is 4.30. The van der Waals surface area contributed by atoms with Crippen LogP contribution in [0.4, 0.5) is 0 Å². The number of benzene rings is 1. The molecule has 0 fully saturated rings. The number of aryl methyl sites for hydroxylation is 2. The molecule has 0 unspecified atom stereocenters. The molecule has 4 heteroatoms. The summed E-state index contributed by atoms with van der Waals surface area (Å²) >= 11 is 12.0. The van der Waals surface area contributed by atoms with Gasteiger partial charge in [-0.2, -0.15) is 0 Å². The molecule has 0 spiro atoms. The number of aromatic nitrogens is 2. The standard InChI is InChI=1S/C13H16Cl2N2/c1-2-3-9-17-11-6-4-5-10(15)13(11)16-12(17)7-8-14/h4-6H,2-3,7-9H2,1H3. The van der Waals surface area contributed by atoms with Crippen LogP contribution in [0.5, 0.6) is 0 Å². The van der Waals surface area contributed by atoms with Gasteiger partial charge >= 0.3 is 0 Å². The first-order chi connectivity index (χ1) is 8.27. The minimum absolute atomic E-state index is 0.590. The van der Waals surface area contributed by atoms with Crippen molar-refractivity contribution in [2.45, 2.75) is 32.7 Å². The van der Waals surface area contributed by atoms with E-state index < -0.39 is 0 Å². The zero-order valence-electron chi connectivity index (χ0n) is 9.92. The van der Waals surface area contributed by atoms with Crippen LogP contribution in [0.15, 0.2) is 18.2 Å². The molecule has 0 radical (unpaired) electrons. The Bertz CT molecular complexity index is 505. The number of halogens is 2. The van der Waals surface area contributed by atoms with Gasteiger partial charge in [0.2, 0.25) is 0 Å². The number of alkyl halides is 1. The van der Waals surface area contributed by atoms with E-state index in [1.807, 2.05) is 12.1 Å². The summed E-state index contributed by atoms with van der Waals surface area (Å²) in [5.74, 6) is 1.63. The number of fused-ring (bicyclic) bond motifs is 1. The van der Waals surface area contributed by atoms with E-state index in [1.165, 1.54) is 6.42 Å². The summed E-state index contributed by atoms with van der Waals surface area (Å²) in [6, 6.07) is 5.92. The molecule has 0 bridgehead atoms. The summed E-state index contributed by atoms with van der Waals surface area (Å²) < 4.78 is 2.24. The molecule has 0 aliphatic rings. The topological polar surface area (TPSA) is 17.8 Å². The van der Waals surface area contributed by atoms with E-state index in [2.05, 4.69) is 22.5 Å². The van der Waals surface area contributed by atoms with Crippen molar-refractivity contribution in [3.63, 3.8) is 0 Å². The molecule has 1 heterocycles. The summed E-state index contributed by atoms with van der Waals surface area (Å²) in [5, 5.41) is 0.716. The van der Waals surface area contributed by atoms with Gasteiger partial charge in [0.05, 0.1) is 10.5 Å². The van der Waals surface area contributed by atoms with Gasteiger partial charge in [0.15, 0.2) is 0 Å². The van der Waals surface area contributed by atoms with Crippen molar-refractivity contribution in [3.8, 4) is 0 Å². The van der Waals surface area contributed by atoms with Crippen molar-refractivity contribution in [1.82, 2.24) is 9.55 Å². The quantitative estimate of drug-likeness (QED) is 0.742. The second kappa shape index (κ2) is 5.74. The van der Waals surface area contributed by atoms with E-state index in [9.17, 15) is 0 Å². The fourth-order valence-electron chi connectivity index (χ4n) is 2.00. The highest BCUT2D eigenvalue weighted by Crippen LogP contribution is 2.24. The van der Waals surface area contributed by atoms with Crippen molar-refractivity contribution in [3.05, 3.63) is 29.0 Å². The van der Waals surface area contributed by atoms with E-state index in [-0.39, 0.29) is 0 Å². The third-order valence-corrected chi connectivity index (χ3v) is 3.36. The van der Waals surface area contributed by atoms with E-state index in [1.54, 1.807) is 0 Å². The van der Waals surface area contributed by atoms with Crippen LogP contribution in [0, 0.1) is 0 Å². The molecule has 2 aromatic rings. The fourth-order valence-corrected chi connectivity index (χ4v) is 2.38. The molecule has 2 nitrogen and oxygen atoms in total. The predicted molar refractivity (Wildman–Crippen MR) is 74.1 cm³/mol. The second-order valence-electron chi connectivity index (χ2n) is 4.08. The lowest BCUT2D eigenvalue weighted by atomic mass is 10.3. The largest absolute Gasteiger partial charge is 0.328 e. The number of nitrogens with zero attached hydrogens (tertiary/aromatic N) is 2. The highest BCUT2D eigenvalue weighted by Gasteiger charge is 2.11. The normalized spacial score (nSPS) is 11.2. The van der Waals surface area contributed by atoms with Gasteiger partial charge in [0, 0.05) is 18.8 Å². The van der Waals surface area contributed by atoms with E-state index in [0.29, 0.717) is 10.9 Å². The van der Waals surface area contributed by atoms with Gasteiger partial charge in [-0.05, 0) is 18.6 Å². The van der Waals surface area contributed by atoms with Crippen LogP contribution in [0.3, 0.4) is 0 Å². The number of unbranched alkanes of at least 4 members (excludes halogenated alkanes) is 1. The molecular formula is C13H16Cl2N2. The summed E-state index contributed by atoms with van der Waals surface area (Å²) in [5.41, 5.74) is 2.01. The van der Waals surface area contributed by atoms with Crippen LogP contribution in [-0.4, -0.2) is 15.4 Å². The lowest BCUT2D eigenvalue weighted by Crippen LogP contribution is -2.04. The van der Waals surface area contributed by atoms with Crippen molar-refractivity contribution >= 4 is 34.2 Å². The molecule has 92 valence electrons. The molecule has 0 saturated heterocycles. The smallest absolute Gasteiger partial charge is 0.111 e. The minimum atomic E-state index is 0.590. The lowest BCUT2D eigenvalue weighted by molar-refractivity contribution is 0.620. The Morgan fingerprint density at radius 1 is 1.35 bits per heavy atom. The highest BCUT2D eigenvalue weighted by atomic mass is 35.5. The van der Waals surface area contributed by atoms with Gasteiger partial charge in [0.25, 0.3) is 0 Å². The van der Waals surface area contributed by atoms with Crippen molar-refractivity contribution in [2.75, 3.05) is 5.88 Å². The molecule has 0 saturated carbocycles. The summed E-state index contributed by atoms with van der Waals surface area (Å²) in [4.78, 5) is 4.60. The van der Waals surface area contributed by atoms with E-state index in [0.717, 1.165) is 36.2 Å². The Balaban J connectivity index is 2.50. The zero-order valence-corrected chi connectivity index (χ0v) is 11.4. The molecule has 1 aromatic carbocycles. The Hall–Kier alpha value is -0.730. The maximum atomic E-state index is 6.17. The van der Waals surface area contributed by atoms with Crippen LogP contribution < -0.4 is 0 Å². The molecule has 0 N–H and O–H groups in total. The Morgan fingerprint density at radius 2 is 2.18 bits per heavy atom. The number of imidazole rings is 1. The van der Waals surface area contributed by atoms with Crippen molar-refractivity contribution in [2.24, 2.45) is 0 Å². The highest BCUT2D eigenvalue weighted by molar-refractivity contribution is 6.34. The van der Waals surface area contributed by atoms with Crippen LogP contribution >= 0.6 is 23.2 Å². The number of rotatable bonds is 5. The SMILES string of the molecule is CCCCn1c(CCCl)nc2c(Cl)cccc21. The molecule has 17 heavy (non-hydrogen) atoms. The first kappa shape index (κ1) is 12.7. The van der Waals surface area contributed by atoms with Gasteiger partial charge in [-0.1, -0.05) is 31.0 Å². The summed E-state index contributed by atoms with van der Waals surface area (Å²) in [7, 11) is 0. The molecule has 0 amide bonds. The molecule has 1 aromatic heterocycles. The minimum Gasteiger partial charge on any atom is -0.328 e. The molecule has 0 aliphatic heterocycles. The molecule has 2 rings (SSSR count). The third-order valence-electron chi connectivity index (χ3n) is 2.86. The van der Waals surface area contributed by atoms with Crippen LogP contribution in [-0.2, 0) is 13.0 Å². The first-order valence-corrected chi connectivity index (χ1v) is 6.88. The van der Waals surface area contributed by atoms with Crippen LogP contribution in [0.1, 0.15) is 25.6 Å². The summed E-state index contributed by atoms with van der Waals surface area (Å²) in [6.07, 6.45) is 3.10. The maximum Gasteiger partial charge on any atom is 0.111 e. The van der Waals surface area contributed by atoms with E-state index >= 15 is 0 Å². The number of para-hydroxylation sites is 1. The third kappa shape index (κ3) is 2.58. The average molecular weight is 271 g/mol. The van der Waals surface area contributed by atoms with Gasteiger partial charge in [-0.25, -0.2) is 4.98 Å². The second-order valence-corrected chi connectivity index (χ2v) is 4.86. The molecule has 0 atom stereocenters. The predicted octanol–water partition coefficient (Wildman–Crippen LogP) is 4.27. The zero-order chi connectivity index (χ0) is 12.3. The number of hydrogen-bond donors (Lipinski definition) is 0. The lowest BCUT2D eigenvalue weighted by Gasteiger charge is -2.07. The molecule has 0 aliphatic carbocycles. The van der Waals surface area contributed by atoms with Crippen LogP contribution in [0.25, 0.3) is 11.0 Å². The monoisotopic (exact) mass is 270 g/mol. The van der Waals surface area contributed by atoms with Gasteiger partial charge in [-0.15, -0.1) is 11.6 Å². The average Bonchev–Trinajstić information content (AvgIpc) is 2.67. The fraction of sp³-hybridized carbons (Fsp3) is 0.462. The summed E-state index contributed by atoms with van der Waals surface area (Å²) in [6.45, 7) is 3.17. The first-order valence-electron chi connectivity index (χ1n) is 5.97. The van der Waals surface area contributed by atoms with Gasteiger partial charge in [-0.3, -0.25) is 0 Å². The number of hydrogen-bond acceptors (Lipinski definition) is 1. The van der Waals surface area contributed by atoms with Crippen molar-refractivity contribution < 1.29 is 0 Å². The molecular weight excluding hydrogens is 255 g/mol. The Morgan fingerprint density at radius 3 is 2.88 bits per heavy atom. The van der Waals surface area contributed by atoms with Crippen LogP contribution in [0.2, 0.25) is 5.02 Å². The Labute approximate surface area is 112 Å². The van der Waals surface area contributed by atoms with Gasteiger partial charge < -0.3 is 4.57 Å².